The summed E-state index contributed by atoms with van der Waals surface area (Å²) in [6.45, 7) is 6.91. The molecular formula is C11H17NO4. The van der Waals surface area contributed by atoms with Crippen LogP contribution in [0, 0.1) is 11.8 Å². The Balaban J connectivity index is 1.94. The normalized spacial score (nSPS) is 28.9. The van der Waals surface area contributed by atoms with Crippen LogP contribution in [0.25, 0.3) is 0 Å². The van der Waals surface area contributed by atoms with Gasteiger partial charge in [-0.2, -0.15) is 0 Å². The molecule has 2 atom stereocenters. The lowest BCUT2D eigenvalue weighted by molar-refractivity contribution is -0.141. The quantitative estimate of drug-likeness (QED) is 0.580. The van der Waals surface area contributed by atoms with Crippen LogP contribution < -0.4 is 0 Å². The van der Waals surface area contributed by atoms with E-state index in [0.717, 1.165) is 0 Å². The molecule has 5 heteroatoms. The van der Waals surface area contributed by atoms with Crippen molar-refractivity contribution in [3.8, 4) is 0 Å². The number of likely N-dealkylation sites (tertiary alicyclic amines) is 1. The summed E-state index contributed by atoms with van der Waals surface area (Å²) in [5, 5.41) is 0. The lowest BCUT2D eigenvalue weighted by Crippen LogP contribution is -2.36. The highest BCUT2D eigenvalue weighted by Crippen LogP contribution is 2.31. The van der Waals surface area contributed by atoms with Gasteiger partial charge in [0.15, 0.2) is 0 Å². The van der Waals surface area contributed by atoms with Crippen LogP contribution in [0.3, 0.4) is 0 Å². The fraction of sp³-hybridized carbons (Fsp3) is 0.818. The van der Waals surface area contributed by atoms with Gasteiger partial charge in [-0.3, -0.25) is 4.79 Å². The average molecular weight is 227 g/mol. The summed E-state index contributed by atoms with van der Waals surface area (Å²) < 4.78 is 10.2. The number of ether oxygens (including phenoxy) is 2. The minimum absolute atomic E-state index is 0.146. The molecule has 1 amide bonds. The molecule has 16 heavy (non-hydrogen) atoms. The molecule has 5 nitrogen and oxygen atoms in total. The molecule has 2 fully saturated rings. The Morgan fingerprint density at radius 2 is 2.12 bits per heavy atom. The van der Waals surface area contributed by atoms with Crippen LogP contribution >= 0.6 is 0 Å². The van der Waals surface area contributed by atoms with Gasteiger partial charge in [0.25, 0.3) is 0 Å². The molecule has 90 valence electrons. The van der Waals surface area contributed by atoms with Crippen molar-refractivity contribution in [1.29, 1.82) is 0 Å². The van der Waals surface area contributed by atoms with Crippen LogP contribution in [0.4, 0.5) is 4.79 Å². The van der Waals surface area contributed by atoms with Gasteiger partial charge in [0.1, 0.15) is 5.60 Å². The van der Waals surface area contributed by atoms with Crippen LogP contribution in [-0.2, 0) is 14.3 Å². The van der Waals surface area contributed by atoms with Crippen LogP contribution in [0.1, 0.15) is 20.8 Å². The van der Waals surface area contributed by atoms with E-state index < -0.39 is 5.60 Å². The summed E-state index contributed by atoms with van der Waals surface area (Å²) in [7, 11) is 0. The molecule has 0 unspecified atom stereocenters. The molecule has 2 saturated heterocycles. The Labute approximate surface area is 94.7 Å². The molecule has 0 N–H and O–H groups in total. The predicted molar refractivity (Wildman–Crippen MR) is 55.7 cm³/mol. The number of fused-ring (bicyclic) bond motifs is 1. The maximum Gasteiger partial charge on any atom is 0.410 e. The lowest BCUT2D eigenvalue weighted by atomic mass is 10.0. The summed E-state index contributed by atoms with van der Waals surface area (Å²) >= 11 is 0. The zero-order valence-electron chi connectivity index (χ0n) is 9.86. The fourth-order valence-electron chi connectivity index (χ4n) is 2.08. The van der Waals surface area contributed by atoms with Crippen molar-refractivity contribution in [3.05, 3.63) is 0 Å². The Kier molecular flexibility index (Phi) is 2.56. The fourth-order valence-corrected chi connectivity index (χ4v) is 2.08. The molecule has 2 aliphatic rings. The molecule has 2 rings (SSSR count). The summed E-state index contributed by atoms with van der Waals surface area (Å²) in [4.78, 5) is 24.7. The molecule has 0 aromatic heterocycles. The lowest BCUT2D eigenvalue weighted by Gasteiger charge is -2.24. The van der Waals surface area contributed by atoms with E-state index in [1.54, 1.807) is 4.90 Å². The van der Waals surface area contributed by atoms with Crippen molar-refractivity contribution in [1.82, 2.24) is 4.90 Å². The summed E-state index contributed by atoms with van der Waals surface area (Å²) in [5.74, 6) is -0.177. The van der Waals surface area contributed by atoms with Gasteiger partial charge in [0.05, 0.1) is 12.5 Å². The van der Waals surface area contributed by atoms with Crippen molar-refractivity contribution < 1.29 is 19.1 Å². The van der Waals surface area contributed by atoms with Crippen molar-refractivity contribution in [3.63, 3.8) is 0 Å². The van der Waals surface area contributed by atoms with Gasteiger partial charge >= 0.3 is 12.1 Å². The topological polar surface area (TPSA) is 55.8 Å². The highest BCUT2D eigenvalue weighted by Gasteiger charge is 2.46. The number of hydrogen-bond donors (Lipinski definition) is 0. The average Bonchev–Trinajstić information content (AvgIpc) is 2.65. The number of carbonyl (C=O) groups excluding carboxylic acids is 2. The molecule has 0 saturated carbocycles. The summed E-state index contributed by atoms with van der Waals surface area (Å²) in [5.41, 5.74) is -0.491. The Hall–Kier alpha value is -1.26. The molecule has 2 heterocycles. The second kappa shape index (κ2) is 3.64. The van der Waals surface area contributed by atoms with E-state index in [1.807, 2.05) is 20.8 Å². The number of nitrogens with zero attached hydrogens (tertiary/aromatic N) is 1. The van der Waals surface area contributed by atoms with Crippen LogP contribution in [-0.4, -0.2) is 42.3 Å². The van der Waals surface area contributed by atoms with E-state index in [0.29, 0.717) is 19.7 Å². The second-order valence-electron chi connectivity index (χ2n) is 5.38. The number of rotatable bonds is 0. The second-order valence-corrected chi connectivity index (χ2v) is 5.38. The summed E-state index contributed by atoms with van der Waals surface area (Å²) in [6, 6.07) is 0. The van der Waals surface area contributed by atoms with Crippen molar-refractivity contribution in [2.24, 2.45) is 11.8 Å². The first-order valence-corrected chi connectivity index (χ1v) is 5.51. The van der Waals surface area contributed by atoms with E-state index in [1.165, 1.54) is 0 Å². The third-order valence-corrected chi connectivity index (χ3v) is 2.84. The Morgan fingerprint density at radius 3 is 2.69 bits per heavy atom. The number of esters is 1. The standard InChI is InChI=1S/C11H17NO4/c1-11(2,3)16-10(14)12-4-7-6-15-9(13)8(7)5-12/h7-8H,4-6H2,1-3H3/t7-,8-/m1/s1. The maximum atomic E-state index is 11.8. The largest absolute Gasteiger partial charge is 0.465 e. The van der Waals surface area contributed by atoms with Gasteiger partial charge in [0.2, 0.25) is 0 Å². The van der Waals surface area contributed by atoms with Gasteiger partial charge in [-0.1, -0.05) is 0 Å². The molecule has 0 spiro atoms. The summed E-state index contributed by atoms with van der Waals surface area (Å²) in [6.07, 6.45) is -0.338. The third kappa shape index (κ3) is 2.13. The van der Waals surface area contributed by atoms with E-state index in [-0.39, 0.29) is 23.9 Å². The van der Waals surface area contributed by atoms with Gasteiger partial charge in [-0.25, -0.2) is 4.79 Å². The minimum Gasteiger partial charge on any atom is -0.465 e. The molecule has 2 aliphatic heterocycles. The molecule has 0 radical (unpaired) electrons. The van der Waals surface area contributed by atoms with Crippen LogP contribution in [0.15, 0.2) is 0 Å². The monoisotopic (exact) mass is 227 g/mol. The predicted octanol–water partition coefficient (Wildman–Crippen LogP) is 1.03. The van der Waals surface area contributed by atoms with Crippen molar-refractivity contribution >= 4 is 12.1 Å². The van der Waals surface area contributed by atoms with E-state index in [9.17, 15) is 9.59 Å². The van der Waals surface area contributed by atoms with Gasteiger partial charge in [0, 0.05) is 19.0 Å². The third-order valence-electron chi connectivity index (χ3n) is 2.84. The van der Waals surface area contributed by atoms with Crippen molar-refractivity contribution in [2.75, 3.05) is 19.7 Å². The first-order chi connectivity index (χ1) is 7.37. The highest BCUT2D eigenvalue weighted by atomic mass is 16.6. The molecular weight excluding hydrogens is 210 g/mol. The zero-order chi connectivity index (χ0) is 11.9. The van der Waals surface area contributed by atoms with E-state index >= 15 is 0 Å². The molecule has 0 aromatic rings. The Bertz CT molecular complexity index is 320. The zero-order valence-corrected chi connectivity index (χ0v) is 9.86. The number of cyclic esters (lactones) is 1. The van der Waals surface area contributed by atoms with Crippen molar-refractivity contribution in [2.45, 2.75) is 26.4 Å². The number of amides is 1. The van der Waals surface area contributed by atoms with Gasteiger partial charge < -0.3 is 14.4 Å². The molecule has 0 aromatic carbocycles. The SMILES string of the molecule is CC(C)(C)OC(=O)N1C[C@@H]2COC(=O)[C@@H]2C1. The van der Waals surface area contributed by atoms with Gasteiger partial charge in [-0.05, 0) is 20.8 Å². The van der Waals surface area contributed by atoms with E-state index in [4.69, 9.17) is 9.47 Å². The first kappa shape index (κ1) is 11.2. The maximum absolute atomic E-state index is 11.8. The van der Waals surface area contributed by atoms with E-state index in [2.05, 4.69) is 0 Å². The minimum atomic E-state index is -0.491. The first-order valence-electron chi connectivity index (χ1n) is 5.51. The number of hydrogen-bond acceptors (Lipinski definition) is 4. The van der Waals surface area contributed by atoms with Crippen LogP contribution in [0.5, 0.6) is 0 Å². The molecule has 0 aliphatic carbocycles. The van der Waals surface area contributed by atoms with Crippen LogP contribution in [0.2, 0.25) is 0 Å². The smallest absolute Gasteiger partial charge is 0.410 e. The number of carbonyl (C=O) groups is 2. The molecule has 0 bridgehead atoms. The Morgan fingerprint density at radius 1 is 1.44 bits per heavy atom. The highest BCUT2D eigenvalue weighted by molar-refractivity contribution is 5.78. The van der Waals surface area contributed by atoms with Gasteiger partial charge in [-0.15, -0.1) is 0 Å².